The average Bonchev–Trinajstić information content (AvgIpc) is 2.77. The fourth-order valence-electron chi connectivity index (χ4n) is 3.05. The lowest BCUT2D eigenvalue weighted by Crippen LogP contribution is -2.33. The van der Waals surface area contributed by atoms with E-state index in [0.29, 0.717) is 23.8 Å². The Labute approximate surface area is 178 Å². The topological polar surface area (TPSA) is 69.3 Å². The molecule has 0 saturated carbocycles. The van der Waals surface area contributed by atoms with Crippen LogP contribution in [0.2, 0.25) is 0 Å². The minimum atomic E-state index is -0.191. The van der Waals surface area contributed by atoms with Crippen molar-refractivity contribution < 1.29 is 23.7 Å². The molecule has 1 unspecified atom stereocenters. The number of ether oxygens (including phenoxy) is 4. The van der Waals surface area contributed by atoms with Crippen molar-refractivity contribution in [3.8, 4) is 23.0 Å². The maximum Gasteiger partial charge on any atom is 0.244 e. The van der Waals surface area contributed by atoms with Crippen LogP contribution in [0.4, 0.5) is 0 Å². The van der Waals surface area contributed by atoms with Crippen LogP contribution < -0.4 is 24.3 Å². The van der Waals surface area contributed by atoms with Gasteiger partial charge in [-0.1, -0.05) is 12.1 Å². The number of amides is 1. The first-order valence-electron chi connectivity index (χ1n) is 9.49. The number of likely N-dealkylation sites (N-methyl/N-ethyl adjacent to an activating group) is 1. The number of hydrogen-bond donors (Lipinski definition) is 1. The molecule has 162 valence electrons. The molecule has 0 aliphatic rings. The summed E-state index contributed by atoms with van der Waals surface area (Å²) in [4.78, 5) is 14.4. The van der Waals surface area contributed by atoms with Crippen LogP contribution >= 0.6 is 0 Å². The van der Waals surface area contributed by atoms with E-state index in [9.17, 15) is 4.79 Å². The van der Waals surface area contributed by atoms with Crippen LogP contribution in [0, 0.1) is 0 Å². The van der Waals surface area contributed by atoms with Crippen LogP contribution in [0.25, 0.3) is 6.08 Å². The molecular formula is C23H30N2O5. The van der Waals surface area contributed by atoms with E-state index in [1.165, 1.54) is 6.08 Å². The Morgan fingerprint density at radius 2 is 1.57 bits per heavy atom. The lowest BCUT2D eigenvalue weighted by Gasteiger charge is -2.25. The molecule has 0 bridgehead atoms. The number of hydrogen-bond acceptors (Lipinski definition) is 6. The molecule has 2 rings (SSSR count). The highest BCUT2D eigenvalue weighted by atomic mass is 16.5. The van der Waals surface area contributed by atoms with E-state index in [-0.39, 0.29) is 11.9 Å². The van der Waals surface area contributed by atoms with Gasteiger partial charge in [-0.3, -0.25) is 4.79 Å². The normalized spacial score (nSPS) is 12.0. The van der Waals surface area contributed by atoms with Crippen molar-refractivity contribution >= 4 is 12.0 Å². The summed E-state index contributed by atoms with van der Waals surface area (Å²) in [7, 11) is 10.3. The van der Waals surface area contributed by atoms with Gasteiger partial charge in [0.05, 0.1) is 34.5 Å². The molecule has 0 fully saturated rings. The quantitative estimate of drug-likeness (QED) is 0.603. The summed E-state index contributed by atoms with van der Waals surface area (Å²) < 4.78 is 21.2. The van der Waals surface area contributed by atoms with E-state index >= 15 is 0 Å². The van der Waals surface area contributed by atoms with Crippen molar-refractivity contribution in [1.82, 2.24) is 10.2 Å². The van der Waals surface area contributed by atoms with Gasteiger partial charge in [-0.05, 0) is 55.6 Å². The summed E-state index contributed by atoms with van der Waals surface area (Å²) in [5.74, 6) is 2.18. The third kappa shape index (κ3) is 5.90. The van der Waals surface area contributed by atoms with Gasteiger partial charge in [-0.25, -0.2) is 0 Å². The van der Waals surface area contributed by atoms with Gasteiger partial charge in [0, 0.05) is 12.6 Å². The van der Waals surface area contributed by atoms with Gasteiger partial charge < -0.3 is 29.2 Å². The molecular weight excluding hydrogens is 384 g/mol. The van der Waals surface area contributed by atoms with Gasteiger partial charge in [-0.2, -0.15) is 0 Å². The van der Waals surface area contributed by atoms with Crippen LogP contribution in [0.1, 0.15) is 17.2 Å². The smallest absolute Gasteiger partial charge is 0.244 e. The van der Waals surface area contributed by atoms with E-state index in [2.05, 4.69) is 10.2 Å². The Hall–Kier alpha value is -3.19. The van der Waals surface area contributed by atoms with Crippen LogP contribution in [0.15, 0.2) is 42.5 Å². The number of carbonyl (C=O) groups excluding carboxylic acids is 1. The van der Waals surface area contributed by atoms with Crippen LogP contribution in [0.5, 0.6) is 23.0 Å². The number of nitrogens with zero attached hydrogens (tertiary/aromatic N) is 1. The van der Waals surface area contributed by atoms with E-state index < -0.39 is 0 Å². The van der Waals surface area contributed by atoms with Crippen LogP contribution in [-0.4, -0.2) is 59.9 Å². The number of carbonyl (C=O) groups is 1. The molecule has 2 aromatic rings. The molecule has 7 nitrogen and oxygen atoms in total. The zero-order chi connectivity index (χ0) is 22.1. The summed E-state index contributed by atoms with van der Waals surface area (Å²) in [5, 5.41) is 2.96. The largest absolute Gasteiger partial charge is 0.497 e. The molecule has 1 amide bonds. The molecule has 0 aromatic heterocycles. The summed E-state index contributed by atoms with van der Waals surface area (Å²) in [5.41, 5.74) is 1.86. The molecule has 7 heteroatoms. The van der Waals surface area contributed by atoms with Crippen molar-refractivity contribution in [2.75, 3.05) is 49.1 Å². The van der Waals surface area contributed by atoms with Gasteiger partial charge >= 0.3 is 0 Å². The average molecular weight is 415 g/mol. The highest BCUT2D eigenvalue weighted by Crippen LogP contribution is 2.38. The number of benzene rings is 2. The van der Waals surface area contributed by atoms with Crippen LogP contribution in [-0.2, 0) is 4.79 Å². The van der Waals surface area contributed by atoms with E-state index in [4.69, 9.17) is 18.9 Å². The summed E-state index contributed by atoms with van der Waals surface area (Å²) in [6.07, 6.45) is 3.19. The van der Waals surface area contributed by atoms with Crippen LogP contribution in [0.3, 0.4) is 0 Å². The third-order valence-electron chi connectivity index (χ3n) is 4.71. The lowest BCUT2D eigenvalue weighted by molar-refractivity contribution is -0.116. The van der Waals surface area contributed by atoms with E-state index in [1.54, 1.807) is 46.6 Å². The molecule has 1 N–H and O–H groups in total. The van der Waals surface area contributed by atoms with E-state index in [1.807, 2.05) is 38.4 Å². The standard InChI is InChI=1S/C23H30N2O5/c1-25(2)19(17-8-10-18(27-3)11-9-17)15-24-22(26)12-7-16-13-20(28-4)23(30-6)21(14-16)29-5/h7-14,19H,15H2,1-6H3,(H,24,26)/b12-7+. The molecule has 0 saturated heterocycles. The summed E-state index contributed by atoms with van der Waals surface area (Å²) in [6, 6.07) is 11.4. The van der Waals surface area contributed by atoms with Gasteiger partial charge in [0.2, 0.25) is 11.7 Å². The Kier molecular flexibility index (Phi) is 8.55. The number of methoxy groups -OCH3 is 4. The second-order valence-electron chi connectivity index (χ2n) is 6.79. The number of nitrogens with one attached hydrogen (secondary N) is 1. The molecule has 0 aliphatic carbocycles. The molecule has 1 atom stereocenters. The Morgan fingerprint density at radius 1 is 0.967 bits per heavy atom. The first kappa shape index (κ1) is 23.1. The van der Waals surface area contributed by atoms with Gasteiger partial charge in [0.25, 0.3) is 0 Å². The monoisotopic (exact) mass is 414 g/mol. The van der Waals surface area contributed by atoms with Crippen molar-refractivity contribution in [2.24, 2.45) is 0 Å². The van der Waals surface area contributed by atoms with Gasteiger partial charge in [0.15, 0.2) is 11.5 Å². The molecule has 0 spiro atoms. The summed E-state index contributed by atoms with van der Waals surface area (Å²) in [6.45, 7) is 0.470. The predicted octanol–water partition coefficient (Wildman–Crippen LogP) is 3.15. The van der Waals surface area contributed by atoms with Crippen molar-refractivity contribution in [3.63, 3.8) is 0 Å². The predicted molar refractivity (Wildman–Crippen MR) is 118 cm³/mol. The lowest BCUT2D eigenvalue weighted by atomic mass is 10.1. The third-order valence-corrected chi connectivity index (χ3v) is 4.71. The van der Waals surface area contributed by atoms with Crippen molar-refractivity contribution in [3.05, 3.63) is 53.6 Å². The molecule has 2 aromatic carbocycles. The van der Waals surface area contributed by atoms with Crippen molar-refractivity contribution in [1.29, 1.82) is 0 Å². The maximum atomic E-state index is 12.4. The molecule has 30 heavy (non-hydrogen) atoms. The highest BCUT2D eigenvalue weighted by Gasteiger charge is 2.15. The highest BCUT2D eigenvalue weighted by molar-refractivity contribution is 5.92. The second-order valence-corrected chi connectivity index (χ2v) is 6.79. The Balaban J connectivity index is 2.07. The van der Waals surface area contributed by atoms with Gasteiger partial charge in [-0.15, -0.1) is 0 Å². The fraction of sp³-hybridized carbons (Fsp3) is 0.348. The zero-order valence-corrected chi connectivity index (χ0v) is 18.4. The fourth-order valence-corrected chi connectivity index (χ4v) is 3.05. The minimum Gasteiger partial charge on any atom is -0.497 e. The van der Waals surface area contributed by atoms with E-state index in [0.717, 1.165) is 16.9 Å². The van der Waals surface area contributed by atoms with Crippen molar-refractivity contribution in [2.45, 2.75) is 6.04 Å². The Bertz CT molecular complexity index is 837. The second kappa shape index (κ2) is 11.1. The first-order chi connectivity index (χ1) is 14.4. The minimum absolute atomic E-state index is 0.0365. The molecule has 0 radical (unpaired) electrons. The zero-order valence-electron chi connectivity index (χ0n) is 18.4. The van der Waals surface area contributed by atoms with Gasteiger partial charge in [0.1, 0.15) is 5.75 Å². The SMILES string of the molecule is COc1ccc(C(CNC(=O)/C=C/c2cc(OC)c(OC)c(OC)c2)N(C)C)cc1. The molecule has 0 aliphatic heterocycles. The maximum absolute atomic E-state index is 12.4. The Morgan fingerprint density at radius 3 is 2.03 bits per heavy atom. The summed E-state index contributed by atoms with van der Waals surface area (Å²) >= 11 is 0. The first-order valence-corrected chi connectivity index (χ1v) is 9.49. The molecule has 0 heterocycles. The number of rotatable bonds is 10.